The molecule has 0 fully saturated rings. The minimum absolute atomic E-state index is 0.0262. The van der Waals surface area contributed by atoms with Crippen LogP contribution in [0.5, 0.6) is 0 Å². The molecule has 0 aliphatic rings. The molecule has 0 radical (unpaired) electrons. The number of rotatable bonds is 13. The molecule has 3 aromatic rings. The third-order valence-corrected chi connectivity index (χ3v) is 5.68. The molecule has 0 bridgehead atoms. The maximum absolute atomic E-state index is 13.8. The van der Waals surface area contributed by atoms with Crippen LogP contribution in [0.25, 0.3) is 0 Å². The van der Waals surface area contributed by atoms with Gasteiger partial charge in [0.1, 0.15) is 11.9 Å². The van der Waals surface area contributed by atoms with Gasteiger partial charge in [-0.2, -0.15) is 5.26 Å². The van der Waals surface area contributed by atoms with E-state index in [9.17, 15) is 9.50 Å². The average Bonchev–Trinajstić information content (AvgIpc) is 2.85. The lowest BCUT2D eigenvalue weighted by Crippen LogP contribution is -2.47. The number of aliphatic hydroxyl groups is 1. The monoisotopic (exact) mass is 475 g/mol. The van der Waals surface area contributed by atoms with Crippen molar-refractivity contribution < 1.29 is 14.2 Å². The van der Waals surface area contributed by atoms with Crippen molar-refractivity contribution in [1.29, 1.82) is 5.26 Å². The van der Waals surface area contributed by atoms with Crippen molar-refractivity contribution in [2.45, 2.75) is 57.7 Å². The second kappa shape index (κ2) is 13.1. The van der Waals surface area contributed by atoms with Crippen LogP contribution in [0.3, 0.4) is 0 Å². The second-order valence-electron chi connectivity index (χ2n) is 9.16. The van der Waals surface area contributed by atoms with Crippen LogP contribution in [0.2, 0.25) is 0 Å². The molecule has 3 N–H and O–H groups in total. The highest BCUT2D eigenvalue weighted by Gasteiger charge is 2.28. The molecule has 2 atom stereocenters. The van der Waals surface area contributed by atoms with Crippen LogP contribution < -0.4 is 10.6 Å². The van der Waals surface area contributed by atoms with Crippen LogP contribution >= 0.6 is 0 Å². The molecule has 0 saturated heterocycles. The molecule has 6 heteroatoms. The zero-order chi connectivity index (χ0) is 25.1. The number of hydrogen-bond donors (Lipinski definition) is 3. The van der Waals surface area contributed by atoms with Gasteiger partial charge in [-0.1, -0.05) is 66.7 Å². The van der Waals surface area contributed by atoms with Gasteiger partial charge in [0.2, 0.25) is 0 Å². The van der Waals surface area contributed by atoms with E-state index in [4.69, 9.17) is 10.00 Å². The van der Waals surface area contributed by atoms with Gasteiger partial charge >= 0.3 is 0 Å². The quantitative estimate of drug-likeness (QED) is 0.247. The summed E-state index contributed by atoms with van der Waals surface area (Å²) in [7, 11) is 0. The third kappa shape index (κ3) is 9.23. The van der Waals surface area contributed by atoms with Gasteiger partial charge in [-0.05, 0) is 62.1 Å². The van der Waals surface area contributed by atoms with E-state index < -0.39 is 11.6 Å². The molecule has 0 heterocycles. The van der Waals surface area contributed by atoms with Crippen LogP contribution in [0.15, 0.2) is 78.9 Å². The Kier molecular flexibility index (Phi) is 9.95. The van der Waals surface area contributed by atoms with Gasteiger partial charge in [0, 0.05) is 19.1 Å². The molecule has 0 aromatic heterocycles. The van der Waals surface area contributed by atoms with Crippen molar-refractivity contribution in [2.75, 3.05) is 6.54 Å². The van der Waals surface area contributed by atoms with Crippen molar-refractivity contribution in [3.63, 3.8) is 0 Å². The Balaban J connectivity index is 1.73. The van der Waals surface area contributed by atoms with Crippen LogP contribution in [0, 0.1) is 17.1 Å². The Labute approximate surface area is 207 Å². The maximum atomic E-state index is 13.8. The van der Waals surface area contributed by atoms with Crippen molar-refractivity contribution >= 4 is 0 Å². The molecule has 0 amide bonds. The Morgan fingerprint density at radius 1 is 0.943 bits per heavy atom. The first kappa shape index (κ1) is 26.5. The van der Waals surface area contributed by atoms with Gasteiger partial charge in [0.25, 0.3) is 0 Å². The zero-order valence-electron chi connectivity index (χ0n) is 20.4. The number of nitrogens with zero attached hydrogens (tertiary/aromatic N) is 1. The summed E-state index contributed by atoms with van der Waals surface area (Å²) in [4.78, 5) is 0. The average molecular weight is 476 g/mol. The van der Waals surface area contributed by atoms with E-state index >= 15 is 0 Å². The normalized spacial score (nSPS) is 13.2. The van der Waals surface area contributed by atoms with Crippen molar-refractivity contribution in [2.24, 2.45) is 0 Å². The van der Waals surface area contributed by atoms with E-state index in [-0.39, 0.29) is 17.7 Å². The second-order valence-corrected chi connectivity index (χ2v) is 9.16. The molecule has 0 aliphatic carbocycles. The lowest BCUT2D eigenvalue weighted by molar-refractivity contribution is -0.212. The van der Waals surface area contributed by atoms with Crippen LogP contribution in [-0.4, -0.2) is 29.6 Å². The Hall–Kier alpha value is -3.08. The molecule has 3 rings (SSSR count). The zero-order valence-corrected chi connectivity index (χ0v) is 20.4. The fourth-order valence-corrected chi connectivity index (χ4v) is 4.01. The first-order valence-corrected chi connectivity index (χ1v) is 11.9. The highest BCUT2D eigenvalue weighted by molar-refractivity contribution is 5.34. The molecule has 5 nitrogen and oxygen atoms in total. The predicted molar refractivity (Wildman–Crippen MR) is 136 cm³/mol. The van der Waals surface area contributed by atoms with Crippen LogP contribution in [-0.2, 0) is 24.2 Å². The highest BCUT2D eigenvalue weighted by Crippen LogP contribution is 2.19. The number of nitrogens with one attached hydrogen (secondary N) is 2. The minimum atomic E-state index is -1.30. The van der Waals surface area contributed by atoms with E-state index in [0.29, 0.717) is 25.9 Å². The summed E-state index contributed by atoms with van der Waals surface area (Å²) in [6.07, 6.45) is 1.06. The number of benzene rings is 3. The summed E-state index contributed by atoms with van der Waals surface area (Å²) >= 11 is 0. The molecule has 0 spiro atoms. The van der Waals surface area contributed by atoms with Gasteiger partial charge in [-0.15, -0.1) is 0 Å². The van der Waals surface area contributed by atoms with E-state index in [0.717, 1.165) is 17.7 Å². The summed E-state index contributed by atoms with van der Waals surface area (Å²) < 4.78 is 19.9. The molecule has 35 heavy (non-hydrogen) atoms. The Morgan fingerprint density at radius 2 is 1.60 bits per heavy atom. The summed E-state index contributed by atoms with van der Waals surface area (Å²) in [5.41, 5.74) is 3.18. The molecular formula is C29H34FN3O2. The van der Waals surface area contributed by atoms with Crippen molar-refractivity contribution in [3.8, 4) is 6.07 Å². The van der Waals surface area contributed by atoms with Gasteiger partial charge in [-0.25, -0.2) is 4.39 Å². The number of hydrogen-bond acceptors (Lipinski definition) is 5. The standard InChI is InChI=1S/C29H34FN3O2/c1-29(2,34)35-28(15-16-32-20-23-11-7-4-8-12-23)27(18-22-9-5-3-6-10-22)33-21-24-13-14-26(30)25(17-24)19-31/h3-14,17,27-28,32-34H,15-16,18,20-21H2,1-2H3. The first-order chi connectivity index (χ1) is 16.8. The van der Waals surface area contributed by atoms with E-state index in [1.807, 2.05) is 42.5 Å². The first-order valence-electron chi connectivity index (χ1n) is 11.9. The molecule has 0 saturated carbocycles. The molecular weight excluding hydrogens is 441 g/mol. The lowest BCUT2D eigenvalue weighted by Gasteiger charge is -2.33. The highest BCUT2D eigenvalue weighted by atomic mass is 19.1. The number of nitriles is 1. The number of ether oxygens (including phenoxy) is 1. The van der Waals surface area contributed by atoms with E-state index in [2.05, 4.69) is 34.9 Å². The molecule has 0 aliphatic heterocycles. The Morgan fingerprint density at radius 3 is 2.23 bits per heavy atom. The fraction of sp³-hybridized carbons (Fsp3) is 0.345. The van der Waals surface area contributed by atoms with Crippen LogP contribution in [0.4, 0.5) is 4.39 Å². The van der Waals surface area contributed by atoms with Gasteiger partial charge in [0.15, 0.2) is 5.79 Å². The summed E-state index contributed by atoms with van der Waals surface area (Å²) in [6, 6.07) is 26.6. The summed E-state index contributed by atoms with van der Waals surface area (Å²) in [6.45, 7) is 5.17. The maximum Gasteiger partial charge on any atom is 0.160 e. The minimum Gasteiger partial charge on any atom is -0.366 e. The lowest BCUT2D eigenvalue weighted by atomic mass is 9.98. The SMILES string of the molecule is CC(C)(O)OC(CCNCc1ccccc1)C(Cc1ccccc1)NCc1ccc(F)c(C#N)c1. The largest absolute Gasteiger partial charge is 0.366 e. The topological polar surface area (TPSA) is 77.3 Å². The van der Waals surface area contributed by atoms with Crippen molar-refractivity contribution in [1.82, 2.24) is 10.6 Å². The summed E-state index contributed by atoms with van der Waals surface area (Å²) in [5, 5.41) is 26.6. The molecule has 184 valence electrons. The van der Waals surface area contributed by atoms with Crippen LogP contribution in [0.1, 0.15) is 42.5 Å². The summed E-state index contributed by atoms with van der Waals surface area (Å²) in [5.74, 6) is -1.82. The molecule has 3 aromatic carbocycles. The third-order valence-electron chi connectivity index (χ3n) is 5.68. The van der Waals surface area contributed by atoms with E-state index in [1.54, 1.807) is 26.0 Å². The molecule has 2 unspecified atom stereocenters. The van der Waals surface area contributed by atoms with E-state index in [1.165, 1.54) is 11.6 Å². The van der Waals surface area contributed by atoms with Crippen molar-refractivity contribution in [3.05, 3.63) is 107 Å². The number of halogens is 1. The van der Waals surface area contributed by atoms with Gasteiger partial charge in [-0.3, -0.25) is 0 Å². The fourth-order valence-electron chi connectivity index (χ4n) is 4.01. The predicted octanol–water partition coefficient (Wildman–Crippen LogP) is 4.69. The van der Waals surface area contributed by atoms with Gasteiger partial charge < -0.3 is 20.5 Å². The van der Waals surface area contributed by atoms with Gasteiger partial charge in [0.05, 0.1) is 11.7 Å². The smallest absolute Gasteiger partial charge is 0.160 e. The Bertz CT molecular complexity index is 1080.